The molecule has 13 heavy (non-hydrogen) atoms. The van der Waals surface area contributed by atoms with Crippen molar-refractivity contribution in [2.45, 2.75) is 25.2 Å². The van der Waals surface area contributed by atoms with E-state index in [4.69, 9.17) is 0 Å². The number of para-hydroxylation sites is 1. The van der Waals surface area contributed by atoms with Crippen molar-refractivity contribution < 1.29 is 9.90 Å². The number of hydrogen-bond donors (Lipinski definition) is 1. The highest BCUT2D eigenvalue weighted by molar-refractivity contribution is 5.81. The minimum Gasteiger partial charge on any atom is -0.508 e. The first kappa shape index (κ1) is 8.30. The molecule has 0 saturated heterocycles. The molecule has 1 saturated carbocycles. The summed E-state index contributed by atoms with van der Waals surface area (Å²) in [5.41, 5.74) is 0.924. The van der Waals surface area contributed by atoms with Crippen molar-refractivity contribution in [3.8, 4) is 5.75 Å². The van der Waals surface area contributed by atoms with E-state index in [-0.39, 0.29) is 5.92 Å². The molecule has 0 aliphatic heterocycles. The van der Waals surface area contributed by atoms with E-state index in [1.54, 1.807) is 12.1 Å². The first-order valence-corrected chi connectivity index (χ1v) is 4.57. The summed E-state index contributed by atoms with van der Waals surface area (Å²) in [4.78, 5) is 11.1. The molecule has 0 heterocycles. The van der Waals surface area contributed by atoms with Crippen molar-refractivity contribution in [2.75, 3.05) is 0 Å². The number of phenols is 1. The van der Waals surface area contributed by atoms with Gasteiger partial charge in [-0.3, -0.25) is 4.79 Å². The summed E-state index contributed by atoms with van der Waals surface area (Å²) >= 11 is 0. The van der Waals surface area contributed by atoms with Gasteiger partial charge in [-0.25, -0.2) is 0 Å². The van der Waals surface area contributed by atoms with Crippen LogP contribution in [0.3, 0.4) is 0 Å². The van der Waals surface area contributed by atoms with Crippen LogP contribution in [0.5, 0.6) is 5.75 Å². The van der Waals surface area contributed by atoms with Crippen LogP contribution in [-0.4, -0.2) is 10.9 Å². The lowest BCUT2D eigenvalue weighted by atomic mass is 9.97. The normalized spacial score (nSPS) is 22.2. The Kier molecular flexibility index (Phi) is 2.05. The average Bonchev–Trinajstić information content (AvgIpc) is 2.53. The Morgan fingerprint density at radius 2 is 2.08 bits per heavy atom. The summed E-state index contributed by atoms with van der Waals surface area (Å²) in [6.07, 6.45) is 2.15. The molecule has 2 heteroatoms. The summed E-state index contributed by atoms with van der Waals surface area (Å²) in [6, 6.07) is 7.28. The molecule has 1 unspecified atom stereocenters. The highest BCUT2D eigenvalue weighted by Crippen LogP contribution is 2.36. The Bertz CT molecular complexity index is 331. The molecule has 0 spiro atoms. The summed E-state index contributed by atoms with van der Waals surface area (Å²) in [5, 5.41) is 9.55. The molecular weight excluding hydrogens is 164 g/mol. The van der Waals surface area contributed by atoms with Crippen LogP contribution in [0, 0.1) is 0 Å². The van der Waals surface area contributed by atoms with Crippen molar-refractivity contribution >= 4 is 5.78 Å². The Morgan fingerprint density at radius 1 is 1.31 bits per heavy atom. The Balaban J connectivity index is 2.26. The number of phenolic OH excluding ortho intramolecular Hbond substituents is 1. The van der Waals surface area contributed by atoms with Gasteiger partial charge in [0.15, 0.2) is 0 Å². The smallest absolute Gasteiger partial charge is 0.133 e. The molecular formula is C11H12O2. The summed E-state index contributed by atoms with van der Waals surface area (Å²) in [5.74, 6) is 0.879. The fraction of sp³-hybridized carbons (Fsp3) is 0.364. The third kappa shape index (κ3) is 1.57. The van der Waals surface area contributed by atoms with Crippen LogP contribution < -0.4 is 0 Å². The first-order chi connectivity index (χ1) is 6.27. The molecule has 2 rings (SSSR count). The fourth-order valence-electron chi connectivity index (χ4n) is 1.91. The largest absolute Gasteiger partial charge is 0.508 e. The third-order valence-electron chi connectivity index (χ3n) is 2.62. The molecule has 0 bridgehead atoms. The van der Waals surface area contributed by atoms with Crippen LogP contribution in [-0.2, 0) is 4.79 Å². The monoisotopic (exact) mass is 176 g/mol. The summed E-state index contributed by atoms with van der Waals surface area (Å²) in [6.45, 7) is 0. The number of benzene rings is 1. The van der Waals surface area contributed by atoms with Crippen LogP contribution in [0.4, 0.5) is 0 Å². The van der Waals surface area contributed by atoms with Crippen molar-refractivity contribution in [3.05, 3.63) is 29.8 Å². The standard InChI is InChI=1S/C11H12O2/c12-9-6-5-8(7-9)10-3-1-2-4-11(10)13/h1-4,8,13H,5-7H2. The van der Waals surface area contributed by atoms with Gasteiger partial charge in [0.1, 0.15) is 11.5 Å². The number of rotatable bonds is 1. The van der Waals surface area contributed by atoms with Gasteiger partial charge in [-0.05, 0) is 24.0 Å². The van der Waals surface area contributed by atoms with Crippen LogP contribution in [0.15, 0.2) is 24.3 Å². The molecule has 0 amide bonds. The number of Topliss-reactive ketones (excluding diaryl/α,β-unsaturated/α-hetero) is 1. The van der Waals surface area contributed by atoms with Gasteiger partial charge < -0.3 is 5.11 Å². The molecule has 1 aliphatic rings. The van der Waals surface area contributed by atoms with E-state index in [1.807, 2.05) is 12.1 Å². The van der Waals surface area contributed by atoms with Gasteiger partial charge in [-0.2, -0.15) is 0 Å². The number of carbonyl (C=O) groups excluding carboxylic acids is 1. The quantitative estimate of drug-likeness (QED) is 0.712. The maximum absolute atomic E-state index is 11.1. The number of carbonyl (C=O) groups is 1. The molecule has 1 aliphatic carbocycles. The molecule has 68 valence electrons. The summed E-state index contributed by atoms with van der Waals surface area (Å²) in [7, 11) is 0. The van der Waals surface area contributed by atoms with Gasteiger partial charge in [0.2, 0.25) is 0 Å². The maximum Gasteiger partial charge on any atom is 0.133 e. The van der Waals surface area contributed by atoms with E-state index in [0.717, 1.165) is 12.0 Å². The molecule has 2 nitrogen and oxygen atoms in total. The second kappa shape index (κ2) is 3.21. The van der Waals surface area contributed by atoms with Gasteiger partial charge in [0.05, 0.1) is 0 Å². The average molecular weight is 176 g/mol. The minimum atomic E-state index is 0.244. The van der Waals surface area contributed by atoms with Crippen molar-refractivity contribution in [3.63, 3.8) is 0 Å². The molecule has 1 atom stereocenters. The van der Waals surface area contributed by atoms with Gasteiger partial charge >= 0.3 is 0 Å². The molecule has 1 aromatic carbocycles. The SMILES string of the molecule is O=C1CCC(c2ccccc2O)C1. The third-order valence-corrected chi connectivity index (χ3v) is 2.62. The zero-order valence-electron chi connectivity index (χ0n) is 7.36. The van der Waals surface area contributed by atoms with Gasteiger partial charge in [-0.15, -0.1) is 0 Å². The maximum atomic E-state index is 11.1. The van der Waals surface area contributed by atoms with Crippen molar-refractivity contribution in [1.82, 2.24) is 0 Å². The lowest BCUT2D eigenvalue weighted by Gasteiger charge is -2.09. The molecule has 1 N–H and O–H groups in total. The molecule has 0 radical (unpaired) electrons. The number of ketones is 1. The lowest BCUT2D eigenvalue weighted by molar-refractivity contribution is -0.117. The van der Waals surface area contributed by atoms with Gasteiger partial charge in [0, 0.05) is 12.8 Å². The van der Waals surface area contributed by atoms with Crippen LogP contribution in [0.2, 0.25) is 0 Å². The lowest BCUT2D eigenvalue weighted by Crippen LogP contribution is -1.94. The van der Waals surface area contributed by atoms with Gasteiger partial charge in [0.25, 0.3) is 0 Å². The van der Waals surface area contributed by atoms with Crippen LogP contribution in [0.25, 0.3) is 0 Å². The van der Waals surface area contributed by atoms with Crippen LogP contribution >= 0.6 is 0 Å². The fourth-order valence-corrected chi connectivity index (χ4v) is 1.91. The number of hydrogen-bond acceptors (Lipinski definition) is 2. The Morgan fingerprint density at radius 3 is 2.69 bits per heavy atom. The van der Waals surface area contributed by atoms with Crippen molar-refractivity contribution in [1.29, 1.82) is 0 Å². The van der Waals surface area contributed by atoms with Gasteiger partial charge in [-0.1, -0.05) is 18.2 Å². The van der Waals surface area contributed by atoms with Crippen molar-refractivity contribution in [2.24, 2.45) is 0 Å². The first-order valence-electron chi connectivity index (χ1n) is 4.57. The predicted molar refractivity (Wildman–Crippen MR) is 49.7 cm³/mol. The molecule has 1 aromatic rings. The molecule has 0 aromatic heterocycles. The second-order valence-corrected chi connectivity index (χ2v) is 3.54. The zero-order chi connectivity index (χ0) is 9.26. The Hall–Kier alpha value is -1.31. The van der Waals surface area contributed by atoms with E-state index in [2.05, 4.69) is 0 Å². The van der Waals surface area contributed by atoms with E-state index in [9.17, 15) is 9.90 Å². The summed E-state index contributed by atoms with van der Waals surface area (Å²) < 4.78 is 0. The topological polar surface area (TPSA) is 37.3 Å². The van der Waals surface area contributed by atoms with E-state index in [1.165, 1.54) is 0 Å². The van der Waals surface area contributed by atoms with E-state index < -0.39 is 0 Å². The second-order valence-electron chi connectivity index (χ2n) is 3.54. The highest BCUT2D eigenvalue weighted by atomic mass is 16.3. The highest BCUT2D eigenvalue weighted by Gasteiger charge is 2.24. The van der Waals surface area contributed by atoms with Crippen LogP contribution in [0.1, 0.15) is 30.7 Å². The Labute approximate surface area is 77.2 Å². The van der Waals surface area contributed by atoms with E-state index in [0.29, 0.717) is 24.4 Å². The molecule has 1 fully saturated rings. The van der Waals surface area contributed by atoms with E-state index >= 15 is 0 Å². The minimum absolute atomic E-state index is 0.244. The predicted octanol–water partition coefficient (Wildman–Crippen LogP) is 2.23. The zero-order valence-corrected chi connectivity index (χ0v) is 7.36. The number of aromatic hydroxyl groups is 1.